The third kappa shape index (κ3) is 4.45. The van der Waals surface area contributed by atoms with Gasteiger partial charge < -0.3 is 14.2 Å². The van der Waals surface area contributed by atoms with Crippen LogP contribution in [0, 0.1) is 13.8 Å². The molecule has 2 aromatic carbocycles. The summed E-state index contributed by atoms with van der Waals surface area (Å²) in [4.78, 5) is 34.6. The van der Waals surface area contributed by atoms with Crippen LogP contribution in [0.25, 0.3) is 31.8 Å². The third-order valence-corrected chi connectivity index (χ3v) is 7.43. The van der Waals surface area contributed by atoms with Crippen molar-refractivity contribution in [2.45, 2.75) is 32.8 Å². The second-order valence-electron chi connectivity index (χ2n) is 9.45. The Labute approximate surface area is 222 Å². The van der Waals surface area contributed by atoms with Crippen LogP contribution in [-0.4, -0.2) is 50.3 Å². The van der Waals surface area contributed by atoms with E-state index in [2.05, 4.69) is 31.3 Å². The predicted molar refractivity (Wildman–Crippen MR) is 144 cm³/mol. The smallest absolute Gasteiger partial charge is 0.411 e. The van der Waals surface area contributed by atoms with Crippen LogP contribution >= 0.6 is 11.3 Å². The Bertz CT molecular complexity index is 1700. The lowest BCUT2D eigenvalue weighted by atomic mass is 10.00. The molecule has 10 nitrogen and oxygen atoms in total. The number of benzene rings is 2. The fourth-order valence-corrected chi connectivity index (χ4v) is 5.62. The van der Waals surface area contributed by atoms with E-state index in [0.29, 0.717) is 23.8 Å². The topological polar surface area (TPSA) is 121 Å². The minimum atomic E-state index is -0.708. The first-order chi connectivity index (χ1) is 18.3. The van der Waals surface area contributed by atoms with Crippen molar-refractivity contribution in [3.05, 3.63) is 59.8 Å². The van der Waals surface area contributed by atoms with Gasteiger partial charge in [0.1, 0.15) is 28.8 Å². The van der Waals surface area contributed by atoms with E-state index in [9.17, 15) is 4.79 Å². The van der Waals surface area contributed by atoms with Crippen molar-refractivity contribution in [2.24, 2.45) is 0 Å². The van der Waals surface area contributed by atoms with Gasteiger partial charge in [0, 0.05) is 17.5 Å². The molecular weight excluding hydrogens is 504 g/mol. The van der Waals surface area contributed by atoms with E-state index in [1.165, 1.54) is 12.4 Å². The molecule has 4 heterocycles. The number of hydrogen-bond acceptors (Lipinski definition) is 10. The summed E-state index contributed by atoms with van der Waals surface area (Å²) in [6.07, 6.45) is 4.67. The summed E-state index contributed by atoms with van der Waals surface area (Å²) in [5.41, 5.74) is 5.20. The van der Waals surface area contributed by atoms with Crippen LogP contribution in [0.15, 0.2) is 42.9 Å². The standard InChI is InChI=1S/C27H24N6O4S/c1-14-7-17(23-20(8-14)32-22(35-4)12-30-23)25-33-19-5-6-21-18(24(19)38-25)9-27(3,37-21)13-36-26(34)31-16-10-28-15(2)29-11-16/h5-8,10-12H,9,13H2,1-4H3,(H,31,34)/t27-/m1/s1. The van der Waals surface area contributed by atoms with E-state index in [1.54, 1.807) is 31.6 Å². The molecule has 0 spiro atoms. The van der Waals surface area contributed by atoms with Crippen LogP contribution in [0.4, 0.5) is 10.5 Å². The van der Waals surface area contributed by atoms with Gasteiger partial charge >= 0.3 is 6.09 Å². The van der Waals surface area contributed by atoms with Crippen molar-refractivity contribution < 1.29 is 19.0 Å². The maximum absolute atomic E-state index is 12.3. The minimum absolute atomic E-state index is 0.0767. The molecule has 0 unspecified atom stereocenters. The number of nitrogens with one attached hydrogen (secondary N) is 1. The number of aryl methyl sites for hydroxylation is 2. The van der Waals surface area contributed by atoms with E-state index in [0.717, 1.165) is 48.7 Å². The molecule has 1 aliphatic rings. The Balaban J connectivity index is 1.25. The number of hydrogen-bond donors (Lipinski definition) is 1. The van der Waals surface area contributed by atoms with Crippen molar-refractivity contribution in [3.8, 4) is 22.2 Å². The molecule has 1 N–H and O–H groups in total. The molecule has 38 heavy (non-hydrogen) atoms. The molecule has 1 aliphatic heterocycles. The van der Waals surface area contributed by atoms with Gasteiger partial charge in [-0.3, -0.25) is 5.32 Å². The molecule has 3 aromatic heterocycles. The number of rotatable bonds is 5. The van der Waals surface area contributed by atoms with Gasteiger partial charge in [-0.2, -0.15) is 0 Å². The Morgan fingerprint density at radius 3 is 2.71 bits per heavy atom. The molecule has 0 aliphatic carbocycles. The van der Waals surface area contributed by atoms with Gasteiger partial charge in [0.2, 0.25) is 5.88 Å². The van der Waals surface area contributed by atoms with Gasteiger partial charge in [-0.25, -0.2) is 29.7 Å². The number of carbonyl (C=O) groups is 1. The van der Waals surface area contributed by atoms with Gasteiger partial charge in [0.15, 0.2) is 0 Å². The minimum Gasteiger partial charge on any atom is -0.483 e. The maximum atomic E-state index is 12.3. The third-order valence-electron chi connectivity index (χ3n) is 6.27. The monoisotopic (exact) mass is 528 g/mol. The Morgan fingerprint density at radius 1 is 1.11 bits per heavy atom. The second-order valence-corrected chi connectivity index (χ2v) is 10.4. The molecule has 0 bridgehead atoms. The van der Waals surface area contributed by atoms with E-state index in [1.807, 2.05) is 32.0 Å². The Hall–Kier alpha value is -4.38. The zero-order chi connectivity index (χ0) is 26.4. The molecule has 192 valence electrons. The van der Waals surface area contributed by atoms with Gasteiger partial charge in [-0.15, -0.1) is 11.3 Å². The molecule has 0 radical (unpaired) electrons. The SMILES string of the molecule is COc1cnc2c(-c3nc4ccc5c(c4s3)C[C@](C)(COC(=O)Nc3cnc(C)nc3)O5)cc(C)cc2n1. The highest BCUT2D eigenvalue weighted by atomic mass is 32.1. The summed E-state index contributed by atoms with van der Waals surface area (Å²) in [5.74, 6) is 1.86. The molecule has 1 amide bonds. The van der Waals surface area contributed by atoms with Crippen LogP contribution in [0.5, 0.6) is 11.6 Å². The van der Waals surface area contributed by atoms with Crippen LogP contribution in [0.2, 0.25) is 0 Å². The average Bonchev–Trinajstić information content (AvgIpc) is 3.49. The van der Waals surface area contributed by atoms with Gasteiger partial charge in [-0.05, 0) is 50.6 Å². The van der Waals surface area contributed by atoms with Crippen molar-refractivity contribution in [3.63, 3.8) is 0 Å². The number of methoxy groups -OCH3 is 1. The summed E-state index contributed by atoms with van der Waals surface area (Å²) in [7, 11) is 1.58. The molecule has 0 saturated heterocycles. The number of nitrogens with zero attached hydrogens (tertiary/aromatic N) is 5. The fraction of sp³-hybridized carbons (Fsp3) is 0.259. The summed E-state index contributed by atoms with van der Waals surface area (Å²) in [6.45, 7) is 5.81. The van der Waals surface area contributed by atoms with Crippen LogP contribution in [0.1, 0.15) is 23.9 Å². The van der Waals surface area contributed by atoms with Crippen molar-refractivity contribution >= 4 is 44.4 Å². The molecule has 1 atom stereocenters. The number of thiazole rings is 1. The molecule has 0 saturated carbocycles. The van der Waals surface area contributed by atoms with Gasteiger partial charge in [-0.1, -0.05) is 0 Å². The number of carbonyl (C=O) groups excluding carboxylic acids is 1. The largest absolute Gasteiger partial charge is 0.483 e. The predicted octanol–water partition coefficient (Wildman–Crippen LogP) is 5.26. The van der Waals surface area contributed by atoms with Gasteiger partial charge in [0.05, 0.1) is 52.6 Å². The fourth-order valence-electron chi connectivity index (χ4n) is 4.50. The van der Waals surface area contributed by atoms with Crippen LogP contribution < -0.4 is 14.8 Å². The van der Waals surface area contributed by atoms with Gasteiger partial charge in [0.25, 0.3) is 0 Å². The molecule has 6 rings (SSSR count). The first-order valence-corrected chi connectivity index (χ1v) is 12.8. The lowest BCUT2D eigenvalue weighted by Gasteiger charge is -2.23. The molecular formula is C27H24N6O4S. The zero-order valence-electron chi connectivity index (χ0n) is 21.2. The summed E-state index contributed by atoms with van der Waals surface area (Å²) >= 11 is 1.59. The first kappa shape index (κ1) is 24.0. The van der Waals surface area contributed by atoms with Crippen LogP contribution in [0.3, 0.4) is 0 Å². The quantitative estimate of drug-likeness (QED) is 0.325. The normalized spacial score (nSPS) is 16.3. The summed E-state index contributed by atoms with van der Waals surface area (Å²) < 4.78 is 18.0. The molecule has 5 aromatic rings. The Morgan fingerprint density at radius 2 is 1.92 bits per heavy atom. The summed E-state index contributed by atoms with van der Waals surface area (Å²) in [6, 6.07) is 7.95. The van der Waals surface area contributed by atoms with E-state index in [4.69, 9.17) is 19.2 Å². The number of amides is 1. The lowest BCUT2D eigenvalue weighted by Crippen LogP contribution is -2.37. The highest BCUT2D eigenvalue weighted by molar-refractivity contribution is 7.22. The number of ether oxygens (including phenoxy) is 3. The van der Waals surface area contributed by atoms with E-state index >= 15 is 0 Å². The second kappa shape index (κ2) is 9.18. The highest BCUT2D eigenvalue weighted by Crippen LogP contribution is 2.44. The van der Waals surface area contributed by atoms with Crippen LogP contribution in [-0.2, 0) is 11.2 Å². The van der Waals surface area contributed by atoms with E-state index < -0.39 is 11.7 Å². The number of anilines is 1. The molecule has 0 fully saturated rings. The summed E-state index contributed by atoms with van der Waals surface area (Å²) in [5, 5.41) is 3.49. The zero-order valence-corrected chi connectivity index (χ0v) is 22.0. The molecule has 11 heteroatoms. The highest BCUT2D eigenvalue weighted by Gasteiger charge is 2.38. The van der Waals surface area contributed by atoms with Crippen molar-refractivity contribution in [1.82, 2.24) is 24.9 Å². The number of fused-ring (bicyclic) bond motifs is 4. The number of aromatic nitrogens is 5. The van der Waals surface area contributed by atoms with Crippen molar-refractivity contribution in [2.75, 3.05) is 19.0 Å². The van der Waals surface area contributed by atoms with Crippen molar-refractivity contribution in [1.29, 1.82) is 0 Å². The lowest BCUT2D eigenvalue weighted by molar-refractivity contribution is 0.0336. The van der Waals surface area contributed by atoms with E-state index in [-0.39, 0.29) is 6.61 Å². The average molecular weight is 529 g/mol. The maximum Gasteiger partial charge on any atom is 0.411 e. The first-order valence-electron chi connectivity index (χ1n) is 12.0. The Kier molecular flexibility index (Phi) is 5.79.